The number of aliphatic hydroxyl groups is 1. The van der Waals surface area contributed by atoms with Crippen LogP contribution in [0.3, 0.4) is 0 Å². The van der Waals surface area contributed by atoms with E-state index in [0.29, 0.717) is 18.0 Å². The maximum absolute atomic E-state index is 11.1. The molecule has 1 aliphatic heterocycles. The maximum Gasteiger partial charge on any atom is 0.210 e. The van der Waals surface area contributed by atoms with E-state index in [1.807, 2.05) is 26.1 Å². The van der Waals surface area contributed by atoms with Crippen molar-refractivity contribution in [3.63, 3.8) is 0 Å². The molecular formula is C16H24N2O4. The van der Waals surface area contributed by atoms with Gasteiger partial charge in [-0.15, -0.1) is 0 Å². The largest absolute Gasteiger partial charge is 0.493 e. The summed E-state index contributed by atoms with van der Waals surface area (Å²) in [6, 6.07) is 3.54. The molecule has 1 saturated heterocycles. The van der Waals surface area contributed by atoms with Crippen molar-refractivity contribution >= 4 is 12.1 Å². The van der Waals surface area contributed by atoms with Crippen molar-refractivity contribution in [2.24, 2.45) is 0 Å². The Morgan fingerprint density at radius 2 is 2.00 bits per heavy atom. The topological polar surface area (TPSA) is 62.2 Å². The second-order valence-electron chi connectivity index (χ2n) is 5.57. The molecule has 2 unspecified atom stereocenters. The van der Waals surface area contributed by atoms with E-state index in [4.69, 9.17) is 9.47 Å². The van der Waals surface area contributed by atoms with E-state index in [9.17, 15) is 9.90 Å². The van der Waals surface area contributed by atoms with Crippen molar-refractivity contribution in [3.05, 3.63) is 17.7 Å². The van der Waals surface area contributed by atoms with Crippen molar-refractivity contribution in [2.45, 2.75) is 32.0 Å². The van der Waals surface area contributed by atoms with Gasteiger partial charge in [0.1, 0.15) is 6.23 Å². The standard InChI is InChI=1S/C16H24N2O4/c1-11-8-14(21-3)15(22-4)9-13(11)17(2)16(20)12-6-5-7-18(12)10-19/h8-10,12,16,20H,5-7H2,1-4H3. The van der Waals surface area contributed by atoms with E-state index in [-0.39, 0.29) is 6.04 Å². The summed E-state index contributed by atoms with van der Waals surface area (Å²) in [5.74, 6) is 1.27. The zero-order valence-corrected chi connectivity index (χ0v) is 13.6. The summed E-state index contributed by atoms with van der Waals surface area (Å²) in [5.41, 5.74) is 1.82. The van der Waals surface area contributed by atoms with Crippen LogP contribution >= 0.6 is 0 Å². The highest BCUT2D eigenvalue weighted by Gasteiger charge is 2.32. The molecule has 0 aromatic heterocycles. The number of carbonyl (C=O) groups is 1. The van der Waals surface area contributed by atoms with Gasteiger partial charge in [-0.05, 0) is 31.4 Å². The van der Waals surface area contributed by atoms with Crippen LogP contribution in [0, 0.1) is 6.92 Å². The van der Waals surface area contributed by atoms with Crippen LogP contribution in [0.5, 0.6) is 11.5 Å². The monoisotopic (exact) mass is 308 g/mol. The number of aliphatic hydroxyl groups excluding tert-OH is 1. The van der Waals surface area contributed by atoms with Gasteiger partial charge in [0, 0.05) is 25.3 Å². The molecular weight excluding hydrogens is 284 g/mol. The molecule has 0 bridgehead atoms. The number of likely N-dealkylation sites (tertiary alicyclic amines) is 1. The molecule has 1 amide bonds. The summed E-state index contributed by atoms with van der Waals surface area (Å²) < 4.78 is 10.6. The summed E-state index contributed by atoms with van der Waals surface area (Å²) in [4.78, 5) is 14.5. The summed E-state index contributed by atoms with van der Waals surface area (Å²) in [6.07, 6.45) is 1.77. The molecule has 1 aromatic carbocycles. The third kappa shape index (κ3) is 2.97. The minimum Gasteiger partial charge on any atom is -0.493 e. The lowest BCUT2D eigenvalue weighted by atomic mass is 10.1. The van der Waals surface area contributed by atoms with Gasteiger partial charge in [0.25, 0.3) is 0 Å². The van der Waals surface area contributed by atoms with Crippen molar-refractivity contribution < 1.29 is 19.4 Å². The van der Waals surface area contributed by atoms with Crippen molar-refractivity contribution in [2.75, 3.05) is 32.7 Å². The highest BCUT2D eigenvalue weighted by Crippen LogP contribution is 2.35. The third-order valence-corrected chi connectivity index (χ3v) is 4.30. The molecule has 2 atom stereocenters. The minimum absolute atomic E-state index is 0.185. The molecule has 0 radical (unpaired) electrons. The summed E-state index contributed by atoms with van der Waals surface area (Å²) in [6.45, 7) is 2.65. The predicted octanol–water partition coefficient (Wildman–Crippen LogP) is 1.39. The van der Waals surface area contributed by atoms with Crippen LogP contribution in [0.2, 0.25) is 0 Å². The molecule has 1 aromatic rings. The fourth-order valence-electron chi connectivity index (χ4n) is 3.02. The quantitative estimate of drug-likeness (QED) is 0.635. The number of hydrogen-bond acceptors (Lipinski definition) is 5. The summed E-state index contributed by atoms with van der Waals surface area (Å²) >= 11 is 0. The summed E-state index contributed by atoms with van der Waals surface area (Å²) in [5, 5.41) is 10.6. The Hall–Kier alpha value is -1.95. The number of nitrogens with zero attached hydrogens (tertiary/aromatic N) is 2. The van der Waals surface area contributed by atoms with Gasteiger partial charge in [0.05, 0.1) is 20.3 Å². The Labute approximate surface area is 131 Å². The average molecular weight is 308 g/mol. The number of anilines is 1. The predicted molar refractivity (Wildman–Crippen MR) is 84.5 cm³/mol. The Bertz CT molecular complexity index is 535. The van der Waals surface area contributed by atoms with Gasteiger partial charge >= 0.3 is 0 Å². The lowest BCUT2D eigenvalue weighted by molar-refractivity contribution is -0.120. The molecule has 0 spiro atoms. The molecule has 1 aliphatic rings. The normalized spacial score (nSPS) is 19.0. The van der Waals surface area contributed by atoms with Crippen LogP contribution in [-0.2, 0) is 4.79 Å². The van der Waals surface area contributed by atoms with Gasteiger partial charge in [-0.2, -0.15) is 0 Å². The molecule has 6 heteroatoms. The van der Waals surface area contributed by atoms with Crippen LogP contribution in [-0.4, -0.2) is 56.5 Å². The number of aryl methyl sites for hydroxylation is 1. The number of ether oxygens (including phenoxy) is 2. The van der Waals surface area contributed by atoms with E-state index >= 15 is 0 Å². The maximum atomic E-state index is 11.1. The lowest BCUT2D eigenvalue weighted by Crippen LogP contribution is -2.47. The first-order valence-electron chi connectivity index (χ1n) is 7.38. The second-order valence-corrected chi connectivity index (χ2v) is 5.57. The number of benzene rings is 1. The first kappa shape index (κ1) is 16.4. The zero-order chi connectivity index (χ0) is 16.3. The molecule has 1 heterocycles. The first-order valence-corrected chi connectivity index (χ1v) is 7.38. The van der Waals surface area contributed by atoms with Gasteiger partial charge in [0.2, 0.25) is 6.41 Å². The van der Waals surface area contributed by atoms with Crippen LogP contribution in [0.4, 0.5) is 5.69 Å². The van der Waals surface area contributed by atoms with Crippen molar-refractivity contribution in [1.29, 1.82) is 0 Å². The number of amides is 1. The van der Waals surface area contributed by atoms with Crippen LogP contribution in [0.15, 0.2) is 12.1 Å². The number of rotatable bonds is 6. The van der Waals surface area contributed by atoms with Gasteiger partial charge in [-0.25, -0.2) is 0 Å². The van der Waals surface area contributed by atoms with Gasteiger partial charge in [-0.1, -0.05) is 0 Å². The van der Waals surface area contributed by atoms with Crippen LogP contribution < -0.4 is 14.4 Å². The Morgan fingerprint density at radius 3 is 2.59 bits per heavy atom. The molecule has 0 aliphatic carbocycles. The molecule has 0 saturated carbocycles. The Kier molecular flexibility index (Phi) is 5.13. The van der Waals surface area contributed by atoms with E-state index < -0.39 is 6.23 Å². The SMILES string of the molecule is COc1cc(C)c(N(C)C(O)C2CCCN2C=O)cc1OC. The molecule has 22 heavy (non-hydrogen) atoms. The van der Waals surface area contributed by atoms with E-state index in [1.165, 1.54) is 0 Å². The Morgan fingerprint density at radius 1 is 1.36 bits per heavy atom. The number of hydrogen-bond donors (Lipinski definition) is 1. The number of carbonyl (C=O) groups excluding carboxylic acids is 1. The van der Waals surface area contributed by atoms with Gasteiger partial charge < -0.3 is 24.4 Å². The minimum atomic E-state index is -0.760. The van der Waals surface area contributed by atoms with E-state index in [1.54, 1.807) is 24.0 Å². The summed E-state index contributed by atoms with van der Waals surface area (Å²) in [7, 11) is 4.99. The Balaban J connectivity index is 2.28. The molecule has 122 valence electrons. The zero-order valence-electron chi connectivity index (χ0n) is 13.6. The van der Waals surface area contributed by atoms with E-state index in [0.717, 1.165) is 30.5 Å². The van der Waals surface area contributed by atoms with Gasteiger partial charge in [-0.3, -0.25) is 4.79 Å². The third-order valence-electron chi connectivity index (χ3n) is 4.30. The van der Waals surface area contributed by atoms with Crippen LogP contribution in [0.25, 0.3) is 0 Å². The number of likely N-dealkylation sites (N-methyl/N-ethyl adjacent to an activating group) is 1. The second kappa shape index (κ2) is 6.87. The van der Waals surface area contributed by atoms with Crippen LogP contribution in [0.1, 0.15) is 18.4 Å². The van der Waals surface area contributed by atoms with Crippen molar-refractivity contribution in [3.8, 4) is 11.5 Å². The fourth-order valence-corrected chi connectivity index (χ4v) is 3.02. The first-order chi connectivity index (χ1) is 10.5. The molecule has 1 N–H and O–H groups in total. The molecule has 2 rings (SSSR count). The fraction of sp³-hybridized carbons (Fsp3) is 0.562. The smallest absolute Gasteiger partial charge is 0.210 e. The highest BCUT2D eigenvalue weighted by molar-refractivity contribution is 5.62. The number of methoxy groups -OCH3 is 2. The van der Waals surface area contributed by atoms with Crippen molar-refractivity contribution in [1.82, 2.24) is 4.90 Å². The molecule has 1 fully saturated rings. The van der Waals surface area contributed by atoms with E-state index in [2.05, 4.69) is 0 Å². The van der Waals surface area contributed by atoms with Gasteiger partial charge in [0.15, 0.2) is 11.5 Å². The lowest BCUT2D eigenvalue weighted by Gasteiger charge is -2.34. The highest BCUT2D eigenvalue weighted by atomic mass is 16.5. The molecule has 6 nitrogen and oxygen atoms in total. The average Bonchev–Trinajstić information content (AvgIpc) is 3.01.